The molecule has 1 N–H and O–H groups in total. The number of hydrogen-bond donors (Lipinski definition) is 1. The summed E-state index contributed by atoms with van der Waals surface area (Å²) < 4.78 is 21.9. The average molecular weight is 295 g/mol. The van der Waals surface area contributed by atoms with Crippen molar-refractivity contribution in [3.8, 4) is 11.5 Å². The Labute approximate surface area is 126 Å². The van der Waals surface area contributed by atoms with Gasteiger partial charge in [0.15, 0.2) is 11.5 Å². The van der Waals surface area contributed by atoms with Crippen LogP contribution in [0.1, 0.15) is 12.0 Å². The maximum absolute atomic E-state index is 5.68. The first-order valence-corrected chi connectivity index (χ1v) is 7.56. The van der Waals surface area contributed by atoms with Gasteiger partial charge in [-0.2, -0.15) is 0 Å². The molecule has 0 aliphatic carbocycles. The zero-order valence-electron chi connectivity index (χ0n) is 12.7. The zero-order chi connectivity index (χ0) is 14.8. The lowest BCUT2D eigenvalue weighted by Gasteiger charge is -2.10. The Hall–Kier alpha value is -1.30. The molecule has 0 saturated heterocycles. The van der Waals surface area contributed by atoms with Crippen molar-refractivity contribution in [3.05, 3.63) is 23.8 Å². The van der Waals surface area contributed by atoms with E-state index in [1.165, 1.54) is 5.56 Å². The molecule has 2 rings (SSSR count). The van der Waals surface area contributed by atoms with E-state index in [2.05, 4.69) is 17.4 Å². The zero-order valence-corrected chi connectivity index (χ0v) is 12.7. The Morgan fingerprint density at radius 3 is 2.71 bits per heavy atom. The molecule has 1 aromatic carbocycles. The first kappa shape index (κ1) is 16.1. The number of benzene rings is 1. The van der Waals surface area contributed by atoms with Gasteiger partial charge in [0.2, 0.25) is 0 Å². The van der Waals surface area contributed by atoms with E-state index in [-0.39, 0.29) is 0 Å². The molecule has 1 aliphatic rings. The van der Waals surface area contributed by atoms with Gasteiger partial charge in [-0.25, -0.2) is 0 Å². The topological polar surface area (TPSA) is 49.0 Å². The number of hydrogen-bond acceptors (Lipinski definition) is 5. The maximum Gasteiger partial charge on any atom is 0.161 e. The third kappa shape index (κ3) is 5.91. The van der Waals surface area contributed by atoms with Gasteiger partial charge in [-0.15, -0.1) is 0 Å². The Morgan fingerprint density at radius 1 is 1.05 bits per heavy atom. The molecule has 5 heteroatoms. The molecule has 21 heavy (non-hydrogen) atoms. The number of ether oxygens (including phenoxy) is 4. The lowest BCUT2D eigenvalue weighted by Crippen LogP contribution is -2.23. The molecule has 118 valence electrons. The summed E-state index contributed by atoms with van der Waals surface area (Å²) in [5.41, 5.74) is 1.21. The largest absolute Gasteiger partial charge is 0.490 e. The van der Waals surface area contributed by atoms with E-state index in [0.29, 0.717) is 13.2 Å². The lowest BCUT2D eigenvalue weighted by atomic mass is 10.1. The highest BCUT2D eigenvalue weighted by molar-refractivity contribution is 5.43. The fourth-order valence-electron chi connectivity index (χ4n) is 2.10. The van der Waals surface area contributed by atoms with Gasteiger partial charge in [0.25, 0.3) is 0 Å². The Bertz CT molecular complexity index is 411. The van der Waals surface area contributed by atoms with Crippen LogP contribution in [-0.4, -0.2) is 53.2 Å². The monoisotopic (exact) mass is 295 g/mol. The minimum Gasteiger partial charge on any atom is -0.490 e. The molecule has 0 fully saturated rings. The fourth-order valence-corrected chi connectivity index (χ4v) is 2.10. The van der Waals surface area contributed by atoms with Crippen LogP contribution >= 0.6 is 0 Å². The van der Waals surface area contributed by atoms with E-state index in [1.807, 2.05) is 6.07 Å². The standard InChI is InChI=1S/C16H25NO4/c1-18-11-6-17-7-12-19-10-5-14-3-4-15-16(13-14)21-9-2-8-20-15/h3-4,13,17H,2,5-12H2,1H3. The van der Waals surface area contributed by atoms with Crippen LogP contribution in [0.15, 0.2) is 18.2 Å². The summed E-state index contributed by atoms with van der Waals surface area (Å²) in [6.45, 7) is 5.33. The average Bonchev–Trinajstić information content (AvgIpc) is 2.74. The van der Waals surface area contributed by atoms with Crippen molar-refractivity contribution in [3.63, 3.8) is 0 Å². The molecule has 0 radical (unpaired) electrons. The predicted molar refractivity (Wildman–Crippen MR) is 81.3 cm³/mol. The van der Waals surface area contributed by atoms with Crippen molar-refractivity contribution < 1.29 is 18.9 Å². The smallest absolute Gasteiger partial charge is 0.161 e. The summed E-state index contributed by atoms with van der Waals surface area (Å²) in [7, 11) is 1.70. The van der Waals surface area contributed by atoms with Crippen LogP contribution < -0.4 is 14.8 Å². The summed E-state index contributed by atoms with van der Waals surface area (Å²) in [4.78, 5) is 0. The van der Waals surface area contributed by atoms with Crippen LogP contribution in [0.2, 0.25) is 0 Å². The van der Waals surface area contributed by atoms with Gasteiger partial charge < -0.3 is 24.3 Å². The second-order valence-electron chi connectivity index (χ2n) is 4.94. The van der Waals surface area contributed by atoms with E-state index in [0.717, 1.165) is 57.3 Å². The molecule has 0 saturated carbocycles. The first-order valence-electron chi connectivity index (χ1n) is 7.56. The number of methoxy groups -OCH3 is 1. The van der Waals surface area contributed by atoms with Gasteiger partial charge in [-0.3, -0.25) is 0 Å². The van der Waals surface area contributed by atoms with Gasteiger partial charge in [0.05, 0.1) is 33.0 Å². The molecule has 0 bridgehead atoms. The number of rotatable bonds is 9. The van der Waals surface area contributed by atoms with Crippen molar-refractivity contribution in [1.82, 2.24) is 5.32 Å². The lowest BCUT2D eigenvalue weighted by molar-refractivity contribution is 0.135. The van der Waals surface area contributed by atoms with Crippen molar-refractivity contribution in [2.24, 2.45) is 0 Å². The highest BCUT2D eigenvalue weighted by Gasteiger charge is 2.10. The summed E-state index contributed by atoms with van der Waals surface area (Å²) in [6, 6.07) is 6.12. The quantitative estimate of drug-likeness (QED) is 0.702. The van der Waals surface area contributed by atoms with Crippen LogP contribution in [0.4, 0.5) is 0 Å². The van der Waals surface area contributed by atoms with E-state index >= 15 is 0 Å². The van der Waals surface area contributed by atoms with Gasteiger partial charge >= 0.3 is 0 Å². The third-order valence-electron chi connectivity index (χ3n) is 3.25. The number of fused-ring (bicyclic) bond motifs is 1. The van der Waals surface area contributed by atoms with Gasteiger partial charge in [0.1, 0.15) is 0 Å². The summed E-state index contributed by atoms with van der Waals surface area (Å²) in [5.74, 6) is 1.70. The molecule has 1 heterocycles. The van der Waals surface area contributed by atoms with Crippen LogP contribution in [0.3, 0.4) is 0 Å². The first-order chi connectivity index (χ1) is 10.4. The fraction of sp³-hybridized carbons (Fsp3) is 0.625. The van der Waals surface area contributed by atoms with E-state index < -0.39 is 0 Å². The summed E-state index contributed by atoms with van der Waals surface area (Å²) in [5, 5.41) is 3.25. The SMILES string of the molecule is COCCNCCOCCc1ccc2c(c1)OCCCO2. The van der Waals surface area contributed by atoms with Gasteiger partial charge in [-0.05, 0) is 24.1 Å². The highest BCUT2D eigenvalue weighted by Crippen LogP contribution is 2.30. The van der Waals surface area contributed by atoms with E-state index in [1.54, 1.807) is 7.11 Å². The summed E-state index contributed by atoms with van der Waals surface area (Å²) >= 11 is 0. The van der Waals surface area contributed by atoms with Gasteiger partial charge in [0, 0.05) is 26.6 Å². The van der Waals surface area contributed by atoms with Crippen LogP contribution in [0.5, 0.6) is 11.5 Å². The molecule has 0 unspecified atom stereocenters. The maximum atomic E-state index is 5.68. The molecule has 0 atom stereocenters. The third-order valence-corrected chi connectivity index (χ3v) is 3.25. The second-order valence-corrected chi connectivity index (χ2v) is 4.94. The van der Waals surface area contributed by atoms with Crippen molar-refractivity contribution >= 4 is 0 Å². The Kier molecular flexibility index (Phi) is 7.35. The van der Waals surface area contributed by atoms with Crippen LogP contribution in [0, 0.1) is 0 Å². The van der Waals surface area contributed by atoms with Crippen LogP contribution in [0.25, 0.3) is 0 Å². The number of nitrogens with one attached hydrogen (secondary N) is 1. The predicted octanol–water partition coefficient (Wildman–Crippen LogP) is 1.64. The Morgan fingerprint density at radius 2 is 1.86 bits per heavy atom. The van der Waals surface area contributed by atoms with Gasteiger partial charge in [-0.1, -0.05) is 6.07 Å². The summed E-state index contributed by atoms with van der Waals surface area (Å²) in [6.07, 6.45) is 1.82. The van der Waals surface area contributed by atoms with E-state index in [9.17, 15) is 0 Å². The minimum absolute atomic E-state index is 0.714. The molecular weight excluding hydrogens is 270 g/mol. The molecule has 1 aliphatic heterocycles. The van der Waals surface area contributed by atoms with Crippen molar-refractivity contribution in [1.29, 1.82) is 0 Å². The van der Waals surface area contributed by atoms with Crippen molar-refractivity contribution in [2.45, 2.75) is 12.8 Å². The molecule has 0 amide bonds. The molecule has 5 nitrogen and oxygen atoms in total. The molecule has 1 aromatic rings. The molecule has 0 spiro atoms. The minimum atomic E-state index is 0.714. The molecule has 0 aromatic heterocycles. The highest BCUT2D eigenvalue weighted by atomic mass is 16.5. The van der Waals surface area contributed by atoms with E-state index in [4.69, 9.17) is 18.9 Å². The normalized spacial score (nSPS) is 14.0. The van der Waals surface area contributed by atoms with Crippen LogP contribution in [-0.2, 0) is 15.9 Å². The molecular formula is C16H25NO4. The van der Waals surface area contributed by atoms with Crippen molar-refractivity contribution in [2.75, 3.05) is 53.2 Å². The second kappa shape index (κ2) is 9.60. The Balaban J connectivity index is 1.63.